The molecule has 2 rings (SSSR count). The van der Waals surface area contributed by atoms with Crippen LogP contribution < -0.4 is 10.5 Å². The van der Waals surface area contributed by atoms with Gasteiger partial charge in [0, 0.05) is 11.3 Å². The average Bonchev–Trinajstić information content (AvgIpc) is 2.41. The second kappa shape index (κ2) is 5.24. The molecule has 3 heteroatoms. The van der Waals surface area contributed by atoms with Crippen LogP contribution in [0.15, 0.2) is 42.5 Å². The zero-order chi connectivity index (χ0) is 13.0. The van der Waals surface area contributed by atoms with E-state index in [1.54, 1.807) is 12.1 Å². The number of nitriles is 1. The Hall–Kier alpha value is -2.47. The van der Waals surface area contributed by atoms with E-state index in [0.717, 1.165) is 11.1 Å². The molecule has 2 aromatic rings. The summed E-state index contributed by atoms with van der Waals surface area (Å²) in [5, 5.41) is 9.06. The number of hydrogen-bond acceptors (Lipinski definition) is 3. The highest BCUT2D eigenvalue weighted by molar-refractivity contribution is 5.60. The Morgan fingerprint density at radius 3 is 2.56 bits per heavy atom. The van der Waals surface area contributed by atoms with Crippen LogP contribution in [0, 0.1) is 18.3 Å². The van der Waals surface area contributed by atoms with Gasteiger partial charge in [-0.15, -0.1) is 0 Å². The van der Waals surface area contributed by atoms with Crippen molar-refractivity contribution < 1.29 is 4.74 Å². The van der Waals surface area contributed by atoms with Crippen molar-refractivity contribution in [1.82, 2.24) is 0 Å². The number of nitrogens with two attached hydrogens (primary N) is 1. The summed E-state index contributed by atoms with van der Waals surface area (Å²) >= 11 is 0. The van der Waals surface area contributed by atoms with E-state index >= 15 is 0 Å². The molecule has 0 bridgehead atoms. The molecule has 18 heavy (non-hydrogen) atoms. The first-order valence-corrected chi connectivity index (χ1v) is 5.68. The summed E-state index contributed by atoms with van der Waals surface area (Å²) < 4.78 is 5.72. The maximum absolute atomic E-state index is 9.06. The van der Waals surface area contributed by atoms with Crippen LogP contribution in [0.2, 0.25) is 0 Å². The van der Waals surface area contributed by atoms with E-state index in [2.05, 4.69) is 6.07 Å². The Morgan fingerprint density at radius 1 is 1.17 bits per heavy atom. The van der Waals surface area contributed by atoms with Gasteiger partial charge in [-0.05, 0) is 24.6 Å². The molecule has 2 N–H and O–H groups in total. The SMILES string of the molecule is Cc1c(N)ccc(C#N)c1OCc1ccccc1. The molecule has 0 unspecified atom stereocenters. The summed E-state index contributed by atoms with van der Waals surface area (Å²) in [6.45, 7) is 2.29. The first-order valence-electron chi connectivity index (χ1n) is 5.68. The topological polar surface area (TPSA) is 59.0 Å². The van der Waals surface area contributed by atoms with E-state index in [1.807, 2.05) is 37.3 Å². The van der Waals surface area contributed by atoms with Crippen molar-refractivity contribution in [3.8, 4) is 11.8 Å². The predicted octanol–water partition coefficient (Wildman–Crippen LogP) is 3.03. The number of nitrogen functional groups attached to an aromatic ring is 1. The molecule has 0 amide bonds. The average molecular weight is 238 g/mol. The first kappa shape index (κ1) is 12.0. The Labute approximate surface area is 106 Å². The first-order chi connectivity index (χ1) is 8.72. The van der Waals surface area contributed by atoms with Gasteiger partial charge in [0.2, 0.25) is 0 Å². The molecule has 0 saturated carbocycles. The van der Waals surface area contributed by atoms with Gasteiger partial charge in [-0.25, -0.2) is 0 Å². The van der Waals surface area contributed by atoms with Gasteiger partial charge in [0.25, 0.3) is 0 Å². The highest BCUT2D eigenvalue weighted by Gasteiger charge is 2.09. The summed E-state index contributed by atoms with van der Waals surface area (Å²) in [7, 11) is 0. The lowest BCUT2D eigenvalue weighted by atomic mass is 10.1. The maximum Gasteiger partial charge on any atom is 0.142 e. The van der Waals surface area contributed by atoms with Gasteiger partial charge in [-0.1, -0.05) is 30.3 Å². The van der Waals surface area contributed by atoms with Crippen molar-refractivity contribution in [3.63, 3.8) is 0 Å². The molecule has 0 radical (unpaired) electrons. The molecule has 0 aliphatic carbocycles. The minimum Gasteiger partial charge on any atom is -0.487 e. The van der Waals surface area contributed by atoms with E-state index < -0.39 is 0 Å². The molecule has 3 nitrogen and oxygen atoms in total. The van der Waals surface area contributed by atoms with E-state index in [0.29, 0.717) is 23.6 Å². The van der Waals surface area contributed by atoms with Gasteiger partial charge in [-0.3, -0.25) is 0 Å². The van der Waals surface area contributed by atoms with Gasteiger partial charge in [0.15, 0.2) is 0 Å². The quantitative estimate of drug-likeness (QED) is 0.836. The van der Waals surface area contributed by atoms with Crippen molar-refractivity contribution in [2.75, 3.05) is 5.73 Å². The minimum atomic E-state index is 0.430. The molecular weight excluding hydrogens is 224 g/mol. The largest absolute Gasteiger partial charge is 0.487 e. The molecule has 0 atom stereocenters. The molecule has 90 valence electrons. The second-order valence-corrected chi connectivity index (χ2v) is 4.04. The summed E-state index contributed by atoms with van der Waals surface area (Å²) in [6, 6.07) is 15.4. The number of nitrogens with zero attached hydrogens (tertiary/aromatic N) is 1. The third-order valence-corrected chi connectivity index (χ3v) is 2.79. The van der Waals surface area contributed by atoms with E-state index in [1.165, 1.54) is 0 Å². The highest BCUT2D eigenvalue weighted by atomic mass is 16.5. The van der Waals surface area contributed by atoms with Crippen LogP contribution in [-0.2, 0) is 6.61 Å². The third-order valence-electron chi connectivity index (χ3n) is 2.79. The van der Waals surface area contributed by atoms with Crippen LogP contribution >= 0.6 is 0 Å². The standard InChI is InChI=1S/C15H14N2O/c1-11-14(17)8-7-13(9-16)15(11)18-10-12-5-3-2-4-6-12/h2-8H,10,17H2,1H3. The Morgan fingerprint density at radius 2 is 1.89 bits per heavy atom. The van der Waals surface area contributed by atoms with Crippen molar-refractivity contribution >= 4 is 5.69 Å². The van der Waals surface area contributed by atoms with Crippen molar-refractivity contribution in [3.05, 3.63) is 59.2 Å². The fourth-order valence-electron chi connectivity index (χ4n) is 1.71. The van der Waals surface area contributed by atoms with Crippen molar-refractivity contribution in [1.29, 1.82) is 5.26 Å². The number of rotatable bonds is 3. The van der Waals surface area contributed by atoms with Crippen molar-refractivity contribution in [2.45, 2.75) is 13.5 Å². The van der Waals surface area contributed by atoms with Gasteiger partial charge < -0.3 is 10.5 Å². The highest BCUT2D eigenvalue weighted by Crippen LogP contribution is 2.28. The lowest BCUT2D eigenvalue weighted by Gasteiger charge is -2.12. The number of ether oxygens (including phenoxy) is 1. The number of benzene rings is 2. The summed E-state index contributed by atoms with van der Waals surface area (Å²) in [6.07, 6.45) is 0. The van der Waals surface area contributed by atoms with E-state index in [4.69, 9.17) is 15.7 Å². The second-order valence-electron chi connectivity index (χ2n) is 4.04. The zero-order valence-corrected chi connectivity index (χ0v) is 10.2. The molecule has 0 saturated heterocycles. The normalized spacial score (nSPS) is 9.78. The number of anilines is 1. The van der Waals surface area contributed by atoms with E-state index in [-0.39, 0.29) is 0 Å². The Kier molecular flexibility index (Phi) is 3.49. The summed E-state index contributed by atoms with van der Waals surface area (Å²) in [5.41, 5.74) is 8.84. The minimum absolute atomic E-state index is 0.430. The lowest BCUT2D eigenvalue weighted by Crippen LogP contribution is -2.01. The van der Waals surface area contributed by atoms with Gasteiger partial charge in [-0.2, -0.15) is 5.26 Å². The lowest BCUT2D eigenvalue weighted by molar-refractivity contribution is 0.303. The van der Waals surface area contributed by atoms with Gasteiger partial charge in [0.1, 0.15) is 18.4 Å². The van der Waals surface area contributed by atoms with Crippen LogP contribution in [0.25, 0.3) is 0 Å². The van der Waals surface area contributed by atoms with Crippen LogP contribution in [0.5, 0.6) is 5.75 Å². The molecule has 0 aliphatic heterocycles. The Bertz CT molecular complexity index is 585. The van der Waals surface area contributed by atoms with Crippen LogP contribution in [-0.4, -0.2) is 0 Å². The molecule has 0 fully saturated rings. The van der Waals surface area contributed by atoms with Crippen molar-refractivity contribution in [2.24, 2.45) is 0 Å². The maximum atomic E-state index is 9.06. The van der Waals surface area contributed by atoms with Crippen LogP contribution in [0.4, 0.5) is 5.69 Å². The molecule has 0 aromatic heterocycles. The fraction of sp³-hybridized carbons (Fsp3) is 0.133. The fourth-order valence-corrected chi connectivity index (χ4v) is 1.71. The molecule has 0 aliphatic rings. The monoisotopic (exact) mass is 238 g/mol. The molecular formula is C15H14N2O. The predicted molar refractivity (Wildman–Crippen MR) is 71.1 cm³/mol. The van der Waals surface area contributed by atoms with Gasteiger partial charge >= 0.3 is 0 Å². The van der Waals surface area contributed by atoms with Crippen LogP contribution in [0.3, 0.4) is 0 Å². The molecule has 0 heterocycles. The summed E-state index contributed by atoms with van der Waals surface area (Å²) in [5.74, 6) is 0.571. The third kappa shape index (κ3) is 2.44. The van der Waals surface area contributed by atoms with Gasteiger partial charge in [0.05, 0.1) is 5.56 Å². The summed E-state index contributed by atoms with van der Waals surface area (Å²) in [4.78, 5) is 0. The smallest absolute Gasteiger partial charge is 0.142 e. The Balaban J connectivity index is 2.24. The van der Waals surface area contributed by atoms with E-state index in [9.17, 15) is 0 Å². The molecule has 0 spiro atoms. The number of hydrogen-bond donors (Lipinski definition) is 1. The van der Waals surface area contributed by atoms with Crippen LogP contribution in [0.1, 0.15) is 16.7 Å². The zero-order valence-electron chi connectivity index (χ0n) is 10.2. The molecule has 2 aromatic carbocycles.